The summed E-state index contributed by atoms with van der Waals surface area (Å²) in [5.74, 6) is 1.48. The van der Waals surface area contributed by atoms with Crippen LogP contribution in [0.5, 0.6) is 0 Å². The molecule has 2 aromatic rings. The van der Waals surface area contributed by atoms with Gasteiger partial charge in [-0.1, -0.05) is 0 Å². The van der Waals surface area contributed by atoms with E-state index in [2.05, 4.69) is 15.0 Å². The van der Waals surface area contributed by atoms with Gasteiger partial charge < -0.3 is 15.0 Å². The molecule has 1 aliphatic carbocycles. The molecule has 0 aromatic carbocycles. The Hall–Kier alpha value is -2.11. The molecule has 1 saturated heterocycles. The quantitative estimate of drug-likeness (QED) is 0.874. The molecule has 0 radical (unpaired) electrons. The van der Waals surface area contributed by atoms with E-state index in [1.165, 1.54) is 4.90 Å². The molecule has 6 nitrogen and oxygen atoms in total. The minimum atomic E-state index is -0.792. The summed E-state index contributed by atoms with van der Waals surface area (Å²) in [5.41, 5.74) is 1.16. The monoisotopic (exact) mass is 272 g/mol. The second-order valence-corrected chi connectivity index (χ2v) is 6.18. The van der Waals surface area contributed by atoms with Gasteiger partial charge in [0.15, 0.2) is 0 Å². The number of carbonyl (C=O) groups is 1. The van der Waals surface area contributed by atoms with Gasteiger partial charge >= 0.3 is 6.09 Å². The third-order valence-corrected chi connectivity index (χ3v) is 4.59. The minimum absolute atomic E-state index is 0.263. The number of fused-ring (bicyclic) bond motifs is 1. The van der Waals surface area contributed by atoms with Crippen LogP contribution in [0.3, 0.4) is 0 Å². The standard InChI is InChI=1S/C14H16N4O2/c19-13(20)18-7-14(8-18)4-9(5-14)3-11-16-6-10-1-2-15-12(10)17-11/h1-2,6,9H,3-5,7-8H2,(H,19,20)(H,15,16,17). The second-order valence-electron chi connectivity index (χ2n) is 6.18. The average molecular weight is 272 g/mol. The van der Waals surface area contributed by atoms with E-state index in [1.54, 1.807) is 0 Å². The molecule has 3 heterocycles. The van der Waals surface area contributed by atoms with Crippen molar-refractivity contribution in [2.45, 2.75) is 19.3 Å². The Morgan fingerprint density at radius 3 is 3.05 bits per heavy atom. The SMILES string of the molecule is O=C(O)N1CC2(CC(Cc3ncc4cc[nH]c4n3)C2)C1. The summed E-state index contributed by atoms with van der Waals surface area (Å²) in [6, 6.07) is 1.96. The fraction of sp³-hybridized carbons (Fsp3) is 0.500. The van der Waals surface area contributed by atoms with Crippen molar-refractivity contribution in [3.63, 3.8) is 0 Å². The number of hydrogen-bond donors (Lipinski definition) is 2. The van der Waals surface area contributed by atoms with E-state index < -0.39 is 6.09 Å². The van der Waals surface area contributed by atoms with Gasteiger partial charge in [0.2, 0.25) is 0 Å². The molecular formula is C14H16N4O2. The Balaban J connectivity index is 1.37. The Bertz CT molecular complexity index is 667. The van der Waals surface area contributed by atoms with Crippen molar-refractivity contribution >= 4 is 17.1 Å². The number of aromatic nitrogens is 3. The fourth-order valence-electron chi connectivity index (χ4n) is 3.70. The van der Waals surface area contributed by atoms with Gasteiger partial charge in [-0.25, -0.2) is 14.8 Å². The van der Waals surface area contributed by atoms with E-state index in [9.17, 15) is 4.79 Å². The molecule has 2 aromatic heterocycles. The Labute approximate surface area is 115 Å². The maximum absolute atomic E-state index is 10.8. The molecule has 2 aliphatic rings. The average Bonchev–Trinajstić information content (AvgIpc) is 2.77. The van der Waals surface area contributed by atoms with Crippen molar-refractivity contribution in [1.29, 1.82) is 0 Å². The van der Waals surface area contributed by atoms with Crippen LogP contribution >= 0.6 is 0 Å². The van der Waals surface area contributed by atoms with Crippen LogP contribution in [0.1, 0.15) is 18.7 Å². The number of amides is 1. The fourth-order valence-corrected chi connectivity index (χ4v) is 3.70. The number of carboxylic acid groups (broad SMARTS) is 1. The van der Waals surface area contributed by atoms with Crippen LogP contribution in [0, 0.1) is 11.3 Å². The number of likely N-dealkylation sites (tertiary alicyclic amines) is 1. The van der Waals surface area contributed by atoms with Gasteiger partial charge in [0, 0.05) is 42.7 Å². The predicted octanol–water partition coefficient (Wildman–Crippen LogP) is 1.89. The highest BCUT2D eigenvalue weighted by Crippen LogP contribution is 2.52. The van der Waals surface area contributed by atoms with Gasteiger partial charge in [0.05, 0.1) is 0 Å². The first-order chi connectivity index (χ1) is 9.63. The summed E-state index contributed by atoms with van der Waals surface area (Å²) >= 11 is 0. The van der Waals surface area contributed by atoms with Crippen molar-refractivity contribution in [3.05, 3.63) is 24.3 Å². The van der Waals surface area contributed by atoms with Gasteiger partial charge in [-0.2, -0.15) is 0 Å². The summed E-state index contributed by atoms with van der Waals surface area (Å²) < 4.78 is 0. The third kappa shape index (κ3) is 1.75. The zero-order chi connectivity index (χ0) is 13.7. The molecule has 20 heavy (non-hydrogen) atoms. The van der Waals surface area contributed by atoms with Crippen LogP contribution in [0.25, 0.3) is 11.0 Å². The lowest BCUT2D eigenvalue weighted by Crippen LogP contribution is -2.63. The summed E-state index contributed by atoms with van der Waals surface area (Å²) in [5, 5.41) is 9.91. The number of aromatic amines is 1. The summed E-state index contributed by atoms with van der Waals surface area (Å²) in [7, 11) is 0. The maximum Gasteiger partial charge on any atom is 0.407 e. The highest BCUT2D eigenvalue weighted by atomic mass is 16.4. The predicted molar refractivity (Wildman–Crippen MR) is 72.3 cm³/mol. The van der Waals surface area contributed by atoms with Gasteiger partial charge in [-0.05, 0) is 24.8 Å². The molecule has 1 amide bonds. The summed E-state index contributed by atoms with van der Waals surface area (Å²) in [6.45, 7) is 1.41. The van der Waals surface area contributed by atoms with Gasteiger partial charge in [0.25, 0.3) is 0 Å². The van der Waals surface area contributed by atoms with E-state index >= 15 is 0 Å². The zero-order valence-corrected chi connectivity index (χ0v) is 11.0. The Morgan fingerprint density at radius 1 is 1.50 bits per heavy atom. The highest BCUT2D eigenvalue weighted by molar-refractivity contribution is 5.73. The second kappa shape index (κ2) is 3.94. The first-order valence-corrected chi connectivity index (χ1v) is 6.90. The molecular weight excluding hydrogens is 256 g/mol. The molecule has 6 heteroatoms. The number of H-pyrrole nitrogens is 1. The van der Waals surface area contributed by atoms with Gasteiger partial charge in [-0.3, -0.25) is 0 Å². The molecule has 2 N–H and O–H groups in total. The summed E-state index contributed by atoms with van der Waals surface area (Å²) in [4.78, 5) is 24.3. The largest absolute Gasteiger partial charge is 0.465 e. The van der Waals surface area contributed by atoms with Crippen molar-refractivity contribution < 1.29 is 9.90 Å². The van der Waals surface area contributed by atoms with Crippen LogP contribution in [0.2, 0.25) is 0 Å². The molecule has 1 saturated carbocycles. The molecule has 1 aliphatic heterocycles. The molecule has 2 fully saturated rings. The molecule has 0 atom stereocenters. The lowest BCUT2D eigenvalue weighted by molar-refractivity contribution is -0.0798. The van der Waals surface area contributed by atoms with Gasteiger partial charge in [0.1, 0.15) is 11.5 Å². The van der Waals surface area contributed by atoms with Crippen molar-refractivity contribution in [3.8, 4) is 0 Å². The van der Waals surface area contributed by atoms with Crippen LogP contribution in [0.4, 0.5) is 4.79 Å². The molecule has 1 spiro atoms. The number of nitrogens with one attached hydrogen (secondary N) is 1. The van der Waals surface area contributed by atoms with Crippen molar-refractivity contribution in [2.75, 3.05) is 13.1 Å². The Morgan fingerprint density at radius 2 is 2.30 bits per heavy atom. The number of rotatable bonds is 2. The molecule has 0 bridgehead atoms. The van der Waals surface area contributed by atoms with Crippen LogP contribution in [-0.4, -0.2) is 44.1 Å². The van der Waals surface area contributed by atoms with Crippen LogP contribution < -0.4 is 0 Å². The van der Waals surface area contributed by atoms with E-state index in [1.807, 2.05) is 18.5 Å². The van der Waals surface area contributed by atoms with Crippen LogP contribution in [-0.2, 0) is 6.42 Å². The maximum atomic E-state index is 10.8. The summed E-state index contributed by atoms with van der Waals surface area (Å²) in [6.07, 6.45) is 6.03. The molecule has 104 valence electrons. The molecule has 0 unspecified atom stereocenters. The topological polar surface area (TPSA) is 82.1 Å². The smallest absolute Gasteiger partial charge is 0.407 e. The third-order valence-electron chi connectivity index (χ3n) is 4.59. The van der Waals surface area contributed by atoms with Crippen molar-refractivity contribution in [1.82, 2.24) is 19.9 Å². The van der Waals surface area contributed by atoms with E-state index in [0.717, 1.165) is 36.1 Å². The minimum Gasteiger partial charge on any atom is -0.465 e. The normalized spacial score (nSPS) is 20.9. The lowest BCUT2D eigenvalue weighted by atomic mass is 9.57. The van der Waals surface area contributed by atoms with E-state index in [0.29, 0.717) is 19.0 Å². The zero-order valence-electron chi connectivity index (χ0n) is 11.0. The number of hydrogen-bond acceptors (Lipinski definition) is 3. The van der Waals surface area contributed by atoms with E-state index in [-0.39, 0.29) is 5.41 Å². The lowest BCUT2D eigenvalue weighted by Gasteiger charge is -2.58. The number of nitrogens with zero attached hydrogens (tertiary/aromatic N) is 3. The first-order valence-electron chi connectivity index (χ1n) is 6.90. The van der Waals surface area contributed by atoms with Crippen LogP contribution in [0.15, 0.2) is 18.5 Å². The van der Waals surface area contributed by atoms with Crippen molar-refractivity contribution in [2.24, 2.45) is 11.3 Å². The molecule has 4 rings (SSSR count). The highest BCUT2D eigenvalue weighted by Gasteiger charge is 2.53. The van der Waals surface area contributed by atoms with Gasteiger partial charge in [-0.15, -0.1) is 0 Å². The first kappa shape index (κ1) is 11.7. The van der Waals surface area contributed by atoms with E-state index in [4.69, 9.17) is 5.11 Å². The Kier molecular flexibility index (Phi) is 2.31.